The molecule has 3 rings (SSSR count). The number of nitrogens with zero attached hydrogens (tertiary/aromatic N) is 1. The number of carboxylic acid groups (broad SMARTS) is 1. The molecule has 0 spiro atoms. The monoisotopic (exact) mass is 312 g/mol. The van der Waals surface area contributed by atoms with Crippen molar-refractivity contribution in [1.29, 1.82) is 0 Å². The van der Waals surface area contributed by atoms with Gasteiger partial charge in [-0.15, -0.1) is 0 Å². The number of hydrogen-bond donors (Lipinski definition) is 2. The molecule has 1 aromatic rings. The molecule has 2 saturated heterocycles. The Hall–Kier alpha value is -1.66. The van der Waals surface area contributed by atoms with Crippen LogP contribution in [0.2, 0.25) is 5.02 Å². The third-order valence-corrected chi connectivity index (χ3v) is 4.50. The van der Waals surface area contributed by atoms with Crippen LogP contribution in [0.25, 0.3) is 0 Å². The summed E-state index contributed by atoms with van der Waals surface area (Å²) in [5.74, 6) is -2.09. The zero-order valence-electron chi connectivity index (χ0n) is 11.1. The van der Waals surface area contributed by atoms with Crippen LogP contribution in [0.5, 0.6) is 0 Å². The second-order valence-corrected chi connectivity index (χ2v) is 5.81. The van der Waals surface area contributed by atoms with Crippen LogP contribution >= 0.6 is 11.6 Å². The first-order valence-electron chi connectivity index (χ1n) is 6.68. The standard InChI is InChI=1S/C14H14ClFN2O3/c15-10-5-8(12(19)20)1-2-11(10)18-7-9-6-17-4-3-14(9,16)13(18)21/h1-2,5,9,17H,3-4,6-7H2,(H,19,20)/t9-,14+/m0/s1. The summed E-state index contributed by atoms with van der Waals surface area (Å²) in [5, 5.41) is 12.1. The van der Waals surface area contributed by atoms with Gasteiger partial charge in [-0.05, 0) is 24.7 Å². The van der Waals surface area contributed by atoms with Crippen molar-refractivity contribution in [2.75, 3.05) is 24.5 Å². The molecule has 2 N–H and O–H groups in total. The molecule has 2 heterocycles. The summed E-state index contributed by atoms with van der Waals surface area (Å²) >= 11 is 6.07. The third kappa shape index (κ3) is 2.18. The molecule has 2 aliphatic heterocycles. The Labute approximate surface area is 125 Å². The van der Waals surface area contributed by atoms with Crippen molar-refractivity contribution in [3.05, 3.63) is 28.8 Å². The van der Waals surface area contributed by atoms with E-state index in [-0.39, 0.29) is 23.6 Å². The van der Waals surface area contributed by atoms with Crippen molar-refractivity contribution in [2.24, 2.45) is 5.92 Å². The van der Waals surface area contributed by atoms with Crippen LogP contribution in [0.15, 0.2) is 18.2 Å². The van der Waals surface area contributed by atoms with Crippen molar-refractivity contribution < 1.29 is 19.1 Å². The van der Waals surface area contributed by atoms with Gasteiger partial charge < -0.3 is 15.3 Å². The van der Waals surface area contributed by atoms with Crippen LogP contribution in [-0.2, 0) is 4.79 Å². The fourth-order valence-corrected chi connectivity index (χ4v) is 3.28. The van der Waals surface area contributed by atoms with Gasteiger partial charge in [-0.25, -0.2) is 9.18 Å². The predicted molar refractivity (Wildman–Crippen MR) is 75.6 cm³/mol. The summed E-state index contributed by atoms with van der Waals surface area (Å²) in [4.78, 5) is 24.6. The topological polar surface area (TPSA) is 69.6 Å². The Morgan fingerprint density at radius 3 is 2.90 bits per heavy atom. The highest BCUT2D eigenvalue weighted by atomic mass is 35.5. The number of anilines is 1. The minimum absolute atomic E-state index is 0.0319. The zero-order chi connectivity index (χ0) is 15.2. The summed E-state index contributed by atoms with van der Waals surface area (Å²) in [6.07, 6.45) is 0.151. The van der Waals surface area contributed by atoms with E-state index >= 15 is 0 Å². The number of carboxylic acids is 1. The molecule has 2 aliphatic rings. The number of carbonyl (C=O) groups is 2. The molecule has 0 aromatic heterocycles. The Kier molecular flexibility index (Phi) is 3.37. The van der Waals surface area contributed by atoms with Gasteiger partial charge in [-0.2, -0.15) is 0 Å². The Balaban J connectivity index is 1.95. The number of fused-ring (bicyclic) bond motifs is 1. The lowest BCUT2D eigenvalue weighted by Crippen LogP contribution is -2.49. The van der Waals surface area contributed by atoms with E-state index in [1.54, 1.807) is 0 Å². The van der Waals surface area contributed by atoms with Gasteiger partial charge in [0, 0.05) is 25.4 Å². The largest absolute Gasteiger partial charge is 0.478 e. The van der Waals surface area contributed by atoms with Gasteiger partial charge in [-0.1, -0.05) is 11.6 Å². The average Bonchev–Trinajstić information content (AvgIpc) is 2.71. The van der Waals surface area contributed by atoms with Crippen molar-refractivity contribution in [2.45, 2.75) is 12.1 Å². The lowest BCUT2D eigenvalue weighted by Gasteiger charge is -2.29. The minimum Gasteiger partial charge on any atom is -0.478 e. The molecule has 0 unspecified atom stereocenters. The molecule has 21 heavy (non-hydrogen) atoms. The normalized spacial score (nSPS) is 28.6. The number of alkyl halides is 1. The average molecular weight is 313 g/mol. The van der Waals surface area contributed by atoms with Crippen LogP contribution in [0.1, 0.15) is 16.8 Å². The van der Waals surface area contributed by atoms with Gasteiger partial charge in [0.15, 0.2) is 5.67 Å². The van der Waals surface area contributed by atoms with Crippen LogP contribution in [0.4, 0.5) is 10.1 Å². The fraction of sp³-hybridized carbons (Fsp3) is 0.429. The van der Waals surface area contributed by atoms with Crippen molar-refractivity contribution in [1.82, 2.24) is 5.32 Å². The predicted octanol–water partition coefficient (Wildman–Crippen LogP) is 1.70. The third-order valence-electron chi connectivity index (χ3n) is 4.19. The maximum absolute atomic E-state index is 14.9. The van der Waals surface area contributed by atoms with Gasteiger partial charge in [-0.3, -0.25) is 4.79 Å². The SMILES string of the molecule is O=C(O)c1ccc(N2C[C@@H]3CNCC[C@]3(F)C2=O)c(Cl)c1. The Morgan fingerprint density at radius 1 is 1.52 bits per heavy atom. The maximum atomic E-state index is 14.9. The van der Waals surface area contributed by atoms with Gasteiger partial charge in [0.25, 0.3) is 5.91 Å². The molecule has 2 atom stereocenters. The van der Waals surface area contributed by atoms with E-state index in [4.69, 9.17) is 16.7 Å². The summed E-state index contributed by atoms with van der Waals surface area (Å²) < 4.78 is 14.9. The van der Waals surface area contributed by atoms with Crippen LogP contribution in [0.3, 0.4) is 0 Å². The van der Waals surface area contributed by atoms with Gasteiger partial charge in [0.1, 0.15) is 0 Å². The number of aromatic carboxylic acids is 1. The van der Waals surface area contributed by atoms with Crippen LogP contribution in [0, 0.1) is 5.92 Å². The summed E-state index contributed by atoms with van der Waals surface area (Å²) in [5.41, 5.74) is -1.46. The van der Waals surface area contributed by atoms with Gasteiger partial charge in [0.05, 0.1) is 16.3 Å². The molecule has 7 heteroatoms. The van der Waals surface area contributed by atoms with E-state index < -0.39 is 23.5 Å². The molecular formula is C14H14ClFN2O3. The lowest BCUT2D eigenvalue weighted by molar-refractivity contribution is -0.130. The minimum atomic E-state index is -1.85. The van der Waals surface area contributed by atoms with E-state index in [0.717, 1.165) is 0 Å². The summed E-state index contributed by atoms with van der Waals surface area (Å²) in [6, 6.07) is 4.09. The zero-order valence-corrected chi connectivity index (χ0v) is 11.9. The van der Waals surface area contributed by atoms with Crippen molar-refractivity contribution in [3.63, 3.8) is 0 Å². The van der Waals surface area contributed by atoms with E-state index in [1.807, 2.05) is 0 Å². The van der Waals surface area contributed by atoms with E-state index in [1.165, 1.54) is 23.1 Å². The number of carbonyl (C=O) groups excluding carboxylic acids is 1. The molecule has 5 nitrogen and oxygen atoms in total. The first kappa shape index (κ1) is 14.3. The second kappa shape index (κ2) is 4.96. The molecule has 1 amide bonds. The Morgan fingerprint density at radius 2 is 2.29 bits per heavy atom. The molecule has 0 aliphatic carbocycles. The smallest absolute Gasteiger partial charge is 0.335 e. The Bertz CT molecular complexity index is 624. The molecule has 0 radical (unpaired) electrons. The molecule has 0 saturated carbocycles. The van der Waals surface area contributed by atoms with Crippen molar-refractivity contribution >= 4 is 29.2 Å². The number of hydrogen-bond acceptors (Lipinski definition) is 3. The molecule has 2 fully saturated rings. The number of piperidine rings is 1. The number of rotatable bonds is 2. The van der Waals surface area contributed by atoms with Crippen LogP contribution < -0.4 is 10.2 Å². The number of amides is 1. The number of halogens is 2. The van der Waals surface area contributed by atoms with Gasteiger partial charge >= 0.3 is 5.97 Å². The quantitative estimate of drug-likeness (QED) is 0.872. The fourth-order valence-electron chi connectivity index (χ4n) is 3.00. The second-order valence-electron chi connectivity index (χ2n) is 5.40. The summed E-state index contributed by atoms with van der Waals surface area (Å²) in [7, 11) is 0. The lowest BCUT2D eigenvalue weighted by atomic mass is 9.86. The highest BCUT2D eigenvalue weighted by Gasteiger charge is 2.56. The highest BCUT2D eigenvalue weighted by Crippen LogP contribution is 2.41. The van der Waals surface area contributed by atoms with E-state index in [0.29, 0.717) is 18.8 Å². The highest BCUT2D eigenvalue weighted by molar-refractivity contribution is 6.34. The molecule has 0 bridgehead atoms. The van der Waals surface area contributed by atoms with Crippen LogP contribution in [-0.4, -0.2) is 42.3 Å². The number of benzene rings is 1. The molecule has 112 valence electrons. The first-order valence-corrected chi connectivity index (χ1v) is 7.06. The molecular weight excluding hydrogens is 299 g/mol. The first-order chi connectivity index (χ1) is 9.93. The van der Waals surface area contributed by atoms with Gasteiger partial charge in [0.2, 0.25) is 0 Å². The summed E-state index contributed by atoms with van der Waals surface area (Å²) in [6.45, 7) is 1.16. The number of nitrogens with one attached hydrogen (secondary N) is 1. The molecule has 1 aromatic carbocycles. The van der Waals surface area contributed by atoms with Crippen molar-refractivity contribution in [3.8, 4) is 0 Å². The maximum Gasteiger partial charge on any atom is 0.335 e. The van der Waals surface area contributed by atoms with E-state index in [2.05, 4.69) is 5.32 Å². The van der Waals surface area contributed by atoms with E-state index in [9.17, 15) is 14.0 Å².